The van der Waals surface area contributed by atoms with Crippen molar-refractivity contribution in [3.8, 4) is 0 Å². The van der Waals surface area contributed by atoms with E-state index in [1.807, 2.05) is 87.5 Å². The number of hydrogen-bond acceptors (Lipinski definition) is 4. The van der Waals surface area contributed by atoms with Gasteiger partial charge in [0.1, 0.15) is 5.70 Å². The fourth-order valence-electron chi connectivity index (χ4n) is 4.40. The van der Waals surface area contributed by atoms with Crippen molar-refractivity contribution in [2.24, 2.45) is 0 Å². The van der Waals surface area contributed by atoms with Gasteiger partial charge in [0.25, 0.3) is 11.8 Å². The number of benzene rings is 4. The molecule has 0 aliphatic carbocycles. The van der Waals surface area contributed by atoms with Crippen LogP contribution in [0.4, 0.5) is 11.4 Å². The number of nitrogens with one attached hydrogen (secondary N) is 3. The molecule has 7 heteroatoms. The molecule has 0 fully saturated rings. The van der Waals surface area contributed by atoms with Crippen molar-refractivity contribution >= 4 is 46.9 Å². The van der Waals surface area contributed by atoms with E-state index in [1.165, 1.54) is 11.8 Å². The van der Waals surface area contributed by atoms with E-state index in [0.717, 1.165) is 39.3 Å². The Morgan fingerprint density at radius 2 is 1.57 bits per heavy atom. The van der Waals surface area contributed by atoms with Crippen molar-refractivity contribution in [3.63, 3.8) is 0 Å². The van der Waals surface area contributed by atoms with Crippen molar-refractivity contribution in [3.05, 3.63) is 131 Å². The molecule has 1 atom stereocenters. The Morgan fingerprint density at radius 1 is 0.833 bits per heavy atom. The third-order valence-corrected chi connectivity index (χ3v) is 7.74. The van der Waals surface area contributed by atoms with Crippen LogP contribution in [0.15, 0.2) is 108 Å². The first kappa shape index (κ1) is 30.3. The van der Waals surface area contributed by atoms with Gasteiger partial charge < -0.3 is 16.0 Å². The summed E-state index contributed by atoms with van der Waals surface area (Å²) in [5.41, 5.74) is 5.93. The zero-order chi connectivity index (χ0) is 30.1. The van der Waals surface area contributed by atoms with Crippen molar-refractivity contribution in [2.75, 3.05) is 10.6 Å². The van der Waals surface area contributed by atoms with Crippen LogP contribution in [0.3, 0.4) is 0 Å². The molecule has 0 bridgehead atoms. The summed E-state index contributed by atoms with van der Waals surface area (Å²) in [7, 11) is 0. The number of aryl methyl sites for hydroxylation is 3. The summed E-state index contributed by atoms with van der Waals surface area (Å²) in [4.78, 5) is 40.3. The minimum atomic E-state index is -0.458. The molecular formula is C35H35N3O3S. The lowest BCUT2D eigenvalue weighted by atomic mass is 10.1. The number of hydrogen-bond donors (Lipinski definition) is 3. The first-order valence-electron chi connectivity index (χ1n) is 13.9. The number of carbonyl (C=O) groups is 3. The molecule has 4 aromatic rings. The molecular weight excluding hydrogens is 542 g/mol. The lowest BCUT2D eigenvalue weighted by Crippen LogP contribution is -2.30. The molecule has 42 heavy (non-hydrogen) atoms. The van der Waals surface area contributed by atoms with E-state index in [0.29, 0.717) is 11.3 Å². The summed E-state index contributed by atoms with van der Waals surface area (Å²) in [6.07, 6.45) is 2.48. The highest BCUT2D eigenvalue weighted by Gasteiger charge is 2.18. The standard InChI is InChI=1S/C35H35N3O3S/c1-5-27-17-10-13-24(3)32(27)38-33(39)25(4)42-30-19-11-18-29(22-30)36-35(41)31(21-26-14-9-12-23(2)20-26)37-34(40)28-15-7-6-8-16-28/h6-22,25H,5H2,1-4H3,(H,36,41)(H,37,40)(H,38,39)/b31-21+. The maximum atomic E-state index is 13.4. The van der Waals surface area contributed by atoms with Gasteiger partial charge >= 0.3 is 0 Å². The predicted octanol–water partition coefficient (Wildman–Crippen LogP) is 7.39. The van der Waals surface area contributed by atoms with Crippen LogP contribution in [-0.4, -0.2) is 23.0 Å². The van der Waals surface area contributed by atoms with Crippen LogP contribution >= 0.6 is 11.8 Å². The fourth-order valence-corrected chi connectivity index (χ4v) is 5.33. The number of para-hydroxylation sites is 1. The molecule has 0 aliphatic heterocycles. The predicted molar refractivity (Wildman–Crippen MR) is 173 cm³/mol. The molecule has 4 rings (SSSR count). The molecule has 3 N–H and O–H groups in total. The molecule has 3 amide bonds. The Bertz CT molecular complexity index is 1620. The lowest BCUT2D eigenvalue weighted by molar-refractivity contribution is -0.115. The SMILES string of the molecule is CCc1cccc(C)c1NC(=O)C(C)Sc1cccc(NC(=O)/C(=C\c2cccc(C)c2)NC(=O)c2ccccc2)c1. The van der Waals surface area contributed by atoms with Gasteiger partial charge in [0.15, 0.2) is 0 Å². The Balaban J connectivity index is 1.49. The first-order chi connectivity index (χ1) is 20.2. The second-order valence-corrected chi connectivity index (χ2v) is 11.4. The quantitative estimate of drug-likeness (QED) is 0.135. The Morgan fingerprint density at radius 3 is 2.31 bits per heavy atom. The second kappa shape index (κ2) is 14.3. The summed E-state index contributed by atoms with van der Waals surface area (Å²) in [5, 5.41) is 8.40. The summed E-state index contributed by atoms with van der Waals surface area (Å²) < 4.78 is 0. The van der Waals surface area contributed by atoms with Gasteiger partial charge in [-0.1, -0.05) is 79.2 Å². The lowest BCUT2D eigenvalue weighted by Gasteiger charge is -2.17. The minimum absolute atomic E-state index is 0.0922. The second-order valence-electron chi connectivity index (χ2n) is 9.99. The van der Waals surface area contributed by atoms with Gasteiger partial charge in [0.05, 0.1) is 5.25 Å². The topological polar surface area (TPSA) is 87.3 Å². The van der Waals surface area contributed by atoms with Crippen molar-refractivity contribution in [1.29, 1.82) is 0 Å². The fraction of sp³-hybridized carbons (Fsp3) is 0.171. The van der Waals surface area contributed by atoms with E-state index in [4.69, 9.17) is 0 Å². The molecule has 0 saturated heterocycles. The Hall–Kier alpha value is -4.62. The van der Waals surface area contributed by atoms with Crippen LogP contribution in [-0.2, 0) is 16.0 Å². The van der Waals surface area contributed by atoms with Gasteiger partial charge in [-0.2, -0.15) is 0 Å². The van der Waals surface area contributed by atoms with Gasteiger partial charge in [-0.25, -0.2) is 0 Å². The molecule has 214 valence electrons. The monoisotopic (exact) mass is 577 g/mol. The van der Waals surface area contributed by atoms with E-state index in [-0.39, 0.29) is 22.8 Å². The molecule has 1 unspecified atom stereocenters. The van der Waals surface area contributed by atoms with Crippen LogP contribution in [0.2, 0.25) is 0 Å². The van der Waals surface area contributed by atoms with Crippen LogP contribution in [0.1, 0.15) is 46.5 Å². The van der Waals surface area contributed by atoms with Crippen molar-refractivity contribution in [2.45, 2.75) is 44.3 Å². The molecule has 4 aromatic carbocycles. The molecule has 0 saturated carbocycles. The largest absolute Gasteiger partial charge is 0.325 e. The third-order valence-electron chi connectivity index (χ3n) is 6.64. The highest BCUT2D eigenvalue weighted by Crippen LogP contribution is 2.28. The van der Waals surface area contributed by atoms with Crippen molar-refractivity contribution in [1.82, 2.24) is 5.32 Å². The molecule has 6 nitrogen and oxygen atoms in total. The van der Waals surface area contributed by atoms with Gasteiger partial charge in [-0.15, -0.1) is 11.8 Å². The van der Waals surface area contributed by atoms with Crippen LogP contribution < -0.4 is 16.0 Å². The van der Waals surface area contributed by atoms with Gasteiger partial charge in [-0.3, -0.25) is 14.4 Å². The average molecular weight is 578 g/mol. The summed E-state index contributed by atoms with van der Waals surface area (Å²) >= 11 is 1.40. The Labute approximate surface area is 251 Å². The molecule has 0 radical (unpaired) electrons. The zero-order valence-electron chi connectivity index (χ0n) is 24.2. The van der Waals surface area contributed by atoms with Crippen molar-refractivity contribution < 1.29 is 14.4 Å². The number of rotatable bonds is 10. The molecule has 0 heterocycles. The number of anilines is 2. The normalized spacial score (nSPS) is 11.9. The number of carbonyl (C=O) groups excluding carboxylic acids is 3. The maximum Gasteiger partial charge on any atom is 0.272 e. The van der Waals surface area contributed by atoms with Gasteiger partial charge in [0, 0.05) is 21.8 Å². The summed E-state index contributed by atoms with van der Waals surface area (Å²) in [6.45, 7) is 7.88. The van der Waals surface area contributed by atoms with E-state index in [2.05, 4.69) is 22.9 Å². The van der Waals surface area contributed by atoms with Crippen LogP contribution in [0.25, 0.3) is 6.08 Å². The minimum Gasteiger partial charge on any atom is -0.325 e. The molecule has 0 aliphatic rings. The van der Waals surface area contributed by atoms with E-state index >= 15 is 0 Å². The van der Waals surface area contributed by atoms with E-state index in [9.17, 15) is 14.4 Å². The number of amides is 3. The summed E-state index contributed by atoms with van der Waals surface area (Å²) in [6, 6.07) is 29.8. The first-order valence-corrected chi connectivity index (χ1v) is 14.7. The smallest absolute Gasteiger partial charge is 0.272 e. The summed E-state index contributed by atoms with van der Waals surface area (Å²) in [5.74, 6) is -0.931. The van der Waals surface area contributed by atoms with Gasteiger partial charge in [-0.05, 0) is 80.3 Å². The highest BCUT2D eigenvalue weighted by atomic mass is 32.2. The maximum absolute atomic E-state index is 13.4. The zero-order valence-corrected chi connectivity index (χ0v) is 25.0. The Kier molecular flexibility index (Phi) is 10.3. The van der Waals surface area contributed by atoms with Gasteiger partial charge in [0.2, 0.25) is 5.91 Å². The van der Waals surface area contributed by atoms with Crippen LogP contribution in [0, 0.1) is 13.8 Å². The van der Waals surface area contributed by atoms with Crippen LogP contribution in [0.5, 0.6) is 0 Å². The molecule has 0 spiro atoms. The average Bonchev–Trinajstić information content (AvgIpc) is 2.98. The highest BCUT2D eigenvalue weighted by molar-refractivity contribution is 8.00. The van der Waals surface area contributed by atoms with E-state index in [1.54, 1.807) is 36.4 Å². The molecule has 0 aromatic heterocycles. The third kappa shape index (κ3) is 8.21. The number of thioether (sulfide) groups is 1. The van der Waals surface area contributed by atoms with E-state index < -0.39 is 5.91 Å².